The molecule has 0 radical (unpaired) electrons. The molecule has 0 aromatic rings. The van der Waals surface area contributed by atoms with Gasteiger partial charge in [-0.25, -0.2) is 0 Å². The van der Waals surface area contributed by atoms with E-state index in [0.29, 0.717) is 12.6 Å². The zero-order chi connectivity index (χ0) is 12.9. The van der Waals surface area contributed by atoms with Crippen molar-refractivity contribution in [2.45, 2.75) is 71.4 Å². The summed E-state index contributed by atoms with van der Waals surface area (Å²) in [7, 11) is 0. The van der Waals surface area contributed by atoms with Crippen molar-refractivity contribution < 1.29 is 4.79 Å². The van der Waals surface area contributed by atoms with Gasteiger partial charge < -0.3 is 5.32 Å². The van der Waals surface area contributed by atoms with Gasteiger partial charge in [0.15, 0.2) is 0 Å². The van der Waals surface area contributed by atoms with Crippen molar-refractivity contribution in [1.82, 2.24) is 10.2 Å². The maximum Gasteiger partial charge on any atom is 0.234 e. The fourth-order valence-corrected chi connectivity index (χ4v) is 2.59. The summed E-state index contributed by atoms with van der Waals surface area (Å²) in [6.45, 7) is 9.77. The molecule has 0 unspecified atom stereocenters. The second-order valence-corrected chi connectivity index (χ2v) is 6.15. The molecule has 3 nitrogen and oxygen atoms in total. The van der Waals surface area contributed by atoms with Crippen molar-refractivity contribution in [3.05, 3.63) is 0 Å². The molecule has 1 amide bonds. The van der Waals surface area contributed by atoms with Crippen molar-refractivity contribution in [1.29, 1.82) is 0 Å². The number of carbonyl (C=O) groups excluding carboxylic acids is 1. The third kappa shape index (κ3) is 5.53. The number of likely N-dealkylation sites (N-methyl/N-ethyl adjacent to an activating group) is 1. The van der Waals surface area contributed by atoms with E-state index in [1.807, 2.05) is 20.8 Å². The number of carbonyl (C=O) groups is 1. The van der Waals surface area contributed by atoms with E-state index >= 15 is 0 Å². The Kier molecular flexibility index (Phi) is 5.44. The lowest BCUT2D eigenvalue weighted by Gasteiger charge is -2.33. The van der Waals surface area contributed by atoms with Gasteiger partial charge in [0.25, 0.3) is 0 Å². The summed E-state index contributed by atoms with van der Waals surface area (Å²) in [5, 5.41) is 3.04. The van der Waals surface area contributed by atoms with Gasteiger partial charge in [-0.1, -0.05) is 26.2 Å². The summed E-state index contributed by atoms with van der Waals surface area (Å²) in [5.41, 5.74) is -0.122. The molecule has 3 heteroatoms. The van der Waals surface area contributed by atoms with Gasteiger partial charge in [0.1, 0.15) is 0 Å². The molecular formula is C14H28N2O. The van der Waals surface area contributed by atoms with Crippen LogP contribution in [0.25, 0.3) is 0 Å². The Morgan fingerprint density at radius 2 is 1.82 bits per heavy atom. The molecule has 0 spiro atoms. The zero-order valence-electron chi connectivity index (χ0n) is 11.9. The Hall–Kier alpha value is -0.570. The molecule has 0 aliphatic heterocycles. The van der Waals surface area contributed by atoms with Gasteiger partial charge in [0, 0.05) is 11.6 Å². The maximum absolute atomic E-state index is 11.9. The first kappa shape index (κ1) is 14.5. The zero-order valence-corrected chi connectivity index (χ0v) is 11.9. The highest BCUT2D eigenvalue weighted by molar-refractivity contribution is 5.78. The number of rotatable bonds is 4. The maximum atomic E-state index is 11.9. The monoisotopic (exact) mass is 240 g/mol. The highest BCUT2D eigenvalue weighted by Gasteiger charge is 2.23. The lowest BCUT2D eigenvalue weighted by atomic mass is 9.94. The standard InChI is InChI=1S/C14H28N2O/c1-5-16(12-9-7-6-8-10-12)11-13(17)15-14(2,3)4/h12H,5-11H2,1-4H3,(H,15,17). The number of nitrogens with one attached hydrogen (secondary N) is 1. The Bertz CT molecular complexity index is 239. The average Bonchev–Trinajstić information content (AvgIpc) is 2.24. The van der Waals surface area contributed by atoms with Gasteiger partial charge in [0.05, 0.1) is 6.54 Å². The molecule has 0 aromatic carbocycles. The van der Waals surface area contributed by atoms with Gasteiger partial charge in [-0.2, -0.15) is 0 Å². The molecule has 100 valence electrons. The molecule has 0 atom stereocenters. The lowest BCUT2D eigenvalue weighted by Crippen LogP contribution is -2.48. The van der Waals surface area contributed by atoms with Crippen molar-refractivity contribution in [2.24, 2.45) is 0 Å². The molecule has 0 saturated heterocycles. The molecule has 0 aromatic heterocycles. The molecular weight excluding hydrogens is 212 g/mol. The second kappa shape index (κ2) is 6.39. The summed E-state index contributed by atoms with van der Waals surface area (Å²) >= 11 is 0. The molecule has 1 saturated carbocycles. The number of hydrogen-bond acceptors (Lipinski definition) is 2. The summed E-state index contributed by atoms with van der Waals surface area (Å²) in [4.78, 5) is 14.3. The van der Waals surface area contributed by atoms with E-state index in [1.54, 1.807) is 0 Å². The topological polar surface area (TPSA) is 32.3 Å². The van der Waals surface area contributed by atoms with Crippen LogP contribution in [0.15, 0.2) is 0 Å². The van der Waals surface area contributed by atoms with Crippen LogP contribution in [0, 0.1) is 0 Å². The summed E-state index contributed by atoms with van der Waals surface area (Å²) in [6.07, 6.45) is 6.53. The minimum absolute atomic E-state index is 0.122. The van der Waals surface area contributed by atoms with E-state index in [2.05, 4.69) is 17.1 Å². The fourth-order valence-electron chi connectivity index (χ4n) is 2.59. The largest absolute Gasteiger partial charge is 0.350 e. The van der Waals surface area contributed by atoms with Crippen LogP contribution in [0.2, 0.25) is 0 Å². The first-order valence-electron chi connectivity index (χ1n) is 6.97. The predicted molar refractivity (Wildman–Crippen MR) is 72.0 cm³/mol. The highest BCUT2D eigenvalue weighted by atomic mass is 16.2. The third-order valence-electron chi connectivity index (χ3n) is 3.36. The molecule has 17 heavy (non-hydrogen) atoms. The van der Waals surface area contributed by atoms with Crippen LogP contribution in [-0.4, -0.2) is 35.5 Å². The van der Waals surface area contributed by atoms with Crippen LogP contribution < -0.4 is 5.32 Å². The number of nitrogens with zero attached hydrogens (tertiary/aromatic N) is 1. The Labute approximate surface area is 106 Å². The Morgan fingerprint density at radius 1 is 1.24 bits per heavy atom. The normalized spacial score (nSPS) is 18.4. The first-order chi connectivity index (χ1) is 7.92. The predicted octanol–water partition coefficient (Wildman–Crippen LogP) is 2.56. The molecule has 0 bridgehead atoms. The minimum Gasteiger partial charge on any atom is -0.350 e. The van der Waals surface area contributed by atoms with E-state index in [-0.39, 0.29) is 11.4 Å². The van der Waals surface area contributed by atoms with Gasteiger partial charge in [-0.05, 0) is 40.2 Å². The molecule has 0 heterocycles. The van der Waals surface area contributed by atoms with Crippen molar-refractivity contribution in [3.8, 4) is 0 Å². The van der Waals surface area contributed by atoms with Gasteiger partial charge in [-0.3, -0.25) is 9.69 Å². The van der Waals surface area contributed by atoms with Crippen LogP contribution >= 0.6 is 0 Å². The lowest BCUT2D eigenvalue weighted by molar-refractivity contribution is -0.124. The summed E-state index contributed by atoms with van der Waals surface area (Å²) in [6, 6.07) is 0.625. The van der Waals surface area contributed by atoms with Gasteiger partial charge in [0.2, 0.25) is 5.91 Å². The van der Waals surface area contributed by atoms with E-state index in [0.717, 1.165) is 6.54 Å². The first-order valence-corrected chi connectivity index (χ1v) is 6.97. The third-order valence-corrected chi connectivity index (χ3v) is 3.36. The fraction of sp³-hybridized carbons (Fsp3) is 0.929. The number of hydrogen-bond donors (Lipinski definition) is 1. The van der Waals surface area contributed by atoms with Crippen molar-refractivity contribution in [2.75, 3.05) is 13.1 Å². The molecule has 1 rings (SSSR count). The number of amides is 1. The average molecular weight is 240 g/mol. The smallest absolute Gasteiger partial charge is 0.234 e. The van der Waals surface area contributed by atoms with Gasteiger partial charge in [-0.15, -0.1) is 0 Å². The van der Waals surface area contributed by atoms with Crippen molar-refractivity contribution in [3.63, 3.8) is 0 Å². The van der Waals surface area contributed by atoms with Crippen molar-refractivity contribution >= 4 is 5.91 Å². The van der Waals surface area contributed by atoms with Gasteiger partial charge >= 0.3 is 0 Å². The van der Waals surface area contributed by atoms with E-state index in [1.165, 1.54) is 32.1 Å². The molecule has 1 N–H and O–H groups in total. The molecule has 1 aliphatic carbocycles. The molecule has 1 fully saturated rings. The van der Waals surface area contributed by atoms with E-state index in [4.69, 9.17) is 0 Å². The quantitative estimate of drug-likeness (QED) is 0.819. The van der Waals surface area contributed by atoms with E-state index in [9.17, 15) is 4.79 Å². The van der Waals surface area contributed by atoms with Crippen LogP contribution in [0.1, 0.15) is 59.8 Å². The van der Waals surface area contributed by atoms with E-state index < -0.39 is 0 Å². The van der Waals surface area contributed by atoms with Crippen LogP contribution in [0.3, 0.4) is 0 Å². The summed E-state index contributed by atoms with van der Waals surface area (Å²) < 4.78 is 0. The SMILES string of the molecule is CCN(CC(=O)NC(C)(C)C)C1CCCCC1. The van der Waals surface area contributed by atoms with Crippen LogP contribution in [0.4, 0.5) is 0 Å². The Morgan fingerprint density at radius 3 is 2.29 bits per heavy atom. The minimum atomic E-state index is -0.122. The highest BCUT2D eigenvalue weighted by Crippen LogP contribution is 2.22. The second-order valence-electron chi connectivity index (χ2n) is 6.15. The van der Waals surface area contributed by atoms with Crippen LogP contribution in [-0.2, 0) is 4.79 Å². The van der Waals surface area contributed by atoms with Crippen LogP contribution in [0.5, 0.6) is 0 Å². The summed E-state index contributed by atoms with van der Waals surface area (Å²) in [5.74, 6) is 0.157. The molecule has 1 aliphatic rings. The Balaban J connectivity index is 2.42.